The molecule has 2 amide bonds. The summed E-state index contributed by atoms with van der Waals surface area (Å²) in [5.74, 6) is -0.204. The first kappa shape index (κ1) is 12.1. The Bertz CT molecular complexity index is 327. The Hall–Kier alpha value is -0.970. The summed E-state index contributed by atoms with van der Waals surface area (Å²) >= 11 is 4.71. The molecule has 0 aromatic heterocycles. The molecule has 84 valence electrons. The molecule has 1 saturated heterocycles. The van der Waals surface area contributed by atoms with Crippen molar-refractivity contribution in [1.82, 2.24) is 4.90 Å². The summed E-state index contributed by atoms with van der Waals surface area (Å²) in [6, 6.07) is 0. The van der Waals surface area contributed by atoms with E-state index in [-0.39, 0.29) is 35.7 Å². The van der Waals surface area contributed by atoms with Crippen molar-refractivity contribution in [1.29, 1.82) is 0 Å². The lowest BCUT2D eigenvalue weighted by atomic mass is 9.78. The number of nitrogens with zero attached hydrogens (tertiary/aromatic N) is 1. The number of amides is 2. The van der Waals surface area contributed by atoms with Gasteiger partial charge in [0.25, 0.3) is 0 Å². The highest BCUT2D eigenvalue weighted by molar-refractivity contribution is 7.80. The Morgan fingerprint density at radius 2 is 2.13 bits per heavy atom. The molecule has 15 heavy (non-hydrogen) atoms. The molecule has 5 heteroatoms. The summed E-state index contributed by atoms with van der Waals surface area (Å²) in [6.45, 7) is 5.76. The summed E-state index contributed by atoms with van der Waals surface area (Å²) in [5, 5.41) is 0. The van der Waals surface area contributed by atoms with Crippen LogP contribution in [0.3, 0.4) is 0 Å². The van der Waals surface area contributed by atoms with Gasteiger partial charge in [-0.05, 0) is 12.8 Å². The topological polar surface area (TPSA) is 63.4 Å². The molecule has 1 aliphatic rings. The van der Waals surface area contributed by atoms with Gasteiger partial charge < -0.3 is 5.73 Å². The van der Waals surface area contributed by atoms with E-state index in [4.69, 9.17) is 18.0 Å². The Morgan fingerprint density at radius 1 is 1.60 bits per heavy atom. The third kappa shape index (κ3) is 2.02. The number of nitrogens with two attached hydrogens (primary N) is 1. The van der Waals surface area contributed by atoms with Crippen molar-refractivity contribution < 1.29 is 9.59 Å². The van der Waals surface area contributed by atoms with E-state index in [9.17, 15) is 9.59 Å². The van der Waals surface area contributed by atoms with Gasteiger partial charge in [-0.3, -0.25) is 14.5 Å². The summed E-state index contributed by atoms with van der Waals surface area (Å²) in [5.41, 5.74) is 4.75. The van der Waals surface area contributed by atoms with Crippen molar-refractivity contribution in [2.45, 2.75) is 27.2 Å². The van der Waals surface area contributed by atoms with Gasteiger partial charge in [0, 0.05) is 6.42 Å². The molecule has 0 aliphatic carbocycles. The van der Waals surface area contributed by atoms with Crippen LogP contribution in [-0.4, -0.2) is 28.2 Å². The van der Waals surface area contributed by atoms with Gasteiger partial charge in [0.2, 0.25) is 11.8 Å². The predicted octanol–water partition coefficient (Wildman–Crippen LogP) is 0.694. The molecule has 4 nitrogen and oxygen atoms in total. The van der Waals surface area contributed by atoms with Crippen LogP contribution in [-0.2, 0) is 9.59 Å². The monoisotopic (exact) mass is 228 g/mol. The molecule has 0 spiro atoms. The number of hydrogen-bond donors (Lipinski definition) is 1. The highest BCUT2D eigenvalue weighted by Crippen LogP contribution is 2.38. The van der Waals surface area contributed by atoms with Crippen LogP contribution < -0.4 is 5.73 Å². The Kier molecular flexibility index (Phi) is 3.13. The van der Waals surface area contributed by atoms with Crippen molar-refractivity contribution in [3.05, 3.63) is 0 Å². The van der Waals surface area contributed by atoms with Crippen molar-refractivity contribution >= 4 is 29.0 Å². The van der Waals surface area contributed by atoms with Gasteiger partial charge in [0.05, 0.1) is 16.9 Å². The summed E-state index contributed by atoms with van der Waals surface area (Å²) < 4.78 is 0. The second-order valence-corrected chi connectivity index (χ2v) is 5.02. The van der Waals surface area contributed by atoms with Crippen molar-refractivity contribution in [3.8, 4) is 0 Å². The van der Waals surface area contributed by atoms with Crippen LogP contribution in [0, 0.1) is 11.3 Å². The van der Waals surface area contributed by atoms with Crippen molar-refractivity contribution in [2.24, 2.45) is 17.1 Å². The van der Waals surface area contributed by atoms with Crippen LogP contribution in [0.2, 0.25) is 0 Å². The number of rotatable bonds is 3. The van der Waals surface area contributed by atoms with E-state index in [1.54, 1.807) is 0 Å². The molecular formula is C10H16N2O2S. The Balaban J connectivity index is 2.93. The van der Waals surface area contributed by atoms with Gasteiger partial charge >= 0.3 is 0 Å². The molecule has 1 fully saturated rings. The molecule has 1 atom stereocenters. The largest absolute Gasteiger partial charge is 0.392 e. The summed E-state index contributed by atoms with van der Waals surface area (Å²) in [7, 11) is 0. The maximum atomic E-state index is 12.0. The first-order valence-electron chi connectivity index (χ1n) is 4.92. The SMILES string of the molecule is CC(C)C1(C)CC(=O)N(CC(N)=S)C1=O. The molecule has 1 unspecified atom stereocenters. The molecule has 1 heterocycles. The fourth-order valence-electron chi connectivity index (χ4n) is 1.67. The van der Waals surface area contributed by atoms with Gasteiger partial charge in [0.1, 0.15) is 0 Å². The number of carbonyl (C=O) groups is 2. The molecule has 0 bridgehead atoms. The Morgan fingerprint density at radius 3 is 2.47 bits per heavy atom. The van der Waals surface area contributed by atoms with Crippen LogP contribution in [0.15, 0.2) is 0 Å². The third-order valence-electron chi connectivity index (χ3n) is 3.14. The first-order valence-corrected chi connectivity index (χ1v) is 5.33. The molecule has 1 aliphatic heterocycles. The minimum absolute atomic E-state index is 0.0648. The van der Waals surface area contributed by atoms with E-state index < -0.39 is 5.41 Å². The van der Waals surface area contributed by atoms with Crippen LogP contribution >= 0.6 is 12.2 Å². The van der Waals surface area contributed by atoms with Gasteiger partial charge in [-0.25, -0.2) is 0 Å². The molecule has 2 N–H and O–H groups in total. The maximum absolute atomic E-state index is 12.0. The molecule has 0 aromatic carbocycles. The number of imide groups is 1. The second-order valence-electron chi connectivity index (χ2n) is 4.50. The fraction of sp³-hybridized carbons (Fsp3) is 0.700. The minimum atomic E-state index is -0.595. The average Bonchev–Trinajstić information content (AvgIpc) is 2.30. The fourth-order valence-corrected chi connectivity index (χ4v) is 1.80. The van der Waals surface area contributed by atoms with Crippen LogP contribution in [0.4, 0.5) is 0 Å². The quantitative estimate of drug-likeness (QED) is 0.570. The molecule has 1 rings (SSSR count). The van der Waals surface area contributed by atoms with E-state index in [1.807, 2.05) is 20.8 Å². The third-order valence-corrected chi connectivity index (χ3v) is 3.27. The first-order chi connectivity index (χ1) is 6.79. The van der Waals surface area contributed by atoms with Gasteiger partial charge in [-0.1, -0.05) is 26.1 Å². The summed E-state index contributed by atoms with van der Waals surface area (Å²) in [6.07, 6.45) is 0.256. The van der Waals surface area contributed by atoms with Gasteiger partial charge in [-0.15, -0.1) is 0 Å². The average molecular weight is 228 g/mol. The standard InChI is InChI=1S/C10H16N2O2S/c1-6(2)10(3)4-8(13)12(9(10)14)5-7(11)15/h6H,4-5H2,1-3H3,(H2,11,15). The zero-order valence-electron chi connectivity index (χ0n) is 9.24. The number of likely N-dealkylation sites (tertiary alicyclic amines) is 1. The van der Waals surface area contributed by atoms with E-state index in [0.717, 1.165) is 0 Å². The lowest BCUT2D eigenvalue weighted by Gasteiger charge is -2.25. The molecule has 0 saturated carbocycles. The van der Waals surface area contributed by atoms with E-state index in [1.165, 1.54) is 4.90 Å². The number of hydrogen-bond acceptors (Lipinski definition) is 3. The summed E-state index contributed by atoms with van der Waals surface area (Å²) in [4.78, 5) is 25.0. The lowest BCUT2D eigenvalue weighted by molar-refractivity contribution is -0.141. The zero-order valence-corrected chi connectivity index (χ0v) is 10.1. The highest BCUT2D eigenvalue weighted by atomic mass is 32.1. The Labute approximate surface area is 94.8 Å². The highest BCUT2D eigenvalue weighted by Gasteiger charge is 2.49. The zero-order chi connectivity index (χ0) is 11.8. The lowest BCUT2D eigenvalue weighted by Crippen LogP contribution is -2.40. The van der Waals surface area contributed by atoms with Crippen LogP contribution in [0.25, 0.3) is 0 Å². The van der Waals surface area contributed by atoms with Gasteiger partial charge in [-0.2, -0.15) is 0 Å². The minimum Gasteiger partial charge on any atom is -0.392 e. The normalized spacial score (nSPS) is 26.5. The van der Waals surface area contributed by atoms with Crippen molar-refractivity contribution in [3.63, 3.8) is 0 Å². The maximum Gasteiger partial charge on any atom is 0.236 e. The van der Waals surface area contributed by atoms with Gasteiger partial charge in [0.15, 0.2) is 0 Å². The van der Waals surface area contributed by atoms with E-state index in [0.29, 0.717) is 0 Å². The smallest absolute Gasteiger partial charge is 0.236 e. The molecular weight excluding hydrogens is 212 g/mol. The van der Waals surface area contributed by atoms with Crippen LogP contribution in [0.5, 0.6) is 0 Å². The number of thiocarbonyl (C=S) groups is 1. The van der Waals surface area contributed by atoms with Crippen LogP contribution in [0.1, 0.15) is 27.2 Å². The second kappa shape index (κ2) is 3.89. The number of carbonyl (C=O) groups excluding carboxylic acids is 2. The molecule has 0 radical (unpaired) electrons. The van der Waals surface area contributed by atoms with Crippen molar-refractivity contribution in [2.75, 3.05) is 6.54 Å². The van der Waals surface area contributed by atoms with E-state index in [2.05, 4.69) is 0 Å². The predicted molar refractivity (Wildman–Crippen MR) is 61.1 cm³/mol. The van der Waals surface area contributed by atoms with E-state index >= 15 is 0 Å². The molecule has 0 aromatic rings.